The number of fused-ring (bicyclic) bond motifs is 1. The summed E-state index contributed by atoms with van der Waals surface area (Å²) in [6, 6.07) is 5.59. The Balaban J connectivity index is 2.32. The van der Waals surface area contributed by atoms with E-state index in [0.29, 0.717) is 17.0 Å². The van der Waals surface area contributed by atoms with E-state index in [-0.39, 0.29) is 10.9 Å². The summed E-state index contributed by atoms with van der Waals surface area (Å²) < 4.78 is 13.0. The van der Waals surface area contributed by atoms with Gasteiger partial charge < -0.3 is 4.98 Å². The minimum Gasteiger partial charge on any atom is -0.305 e. The van der Waals surface area contributed by atoms with Crippen LogP contribution in [0.4, 0.5) is 4.39 Å². The number of rotatable bonds is 1. The summed E-state index contributed by atoms with van der Waals surface area (Å²) in [7, 11) is 0. The first kappa shape index (κ1) is 9.71. The second-order valence-corrected chi connectivity index (χ2v) is 3.55. The molecule has 84 valence electrons. The Morgan fingerprint density at radius 2 is 2.12 bits per heavy atom. The molecule has 6 heteroatoms. The van der Waals surface area contributed by atoms with Crippen molar-refractivity contribution >= 4 is 10.9 Å². The number of nitrogens with zero attached hydrogens (tertiary/aromatic N) is 2. The molecule has 0 bridgehead atoms. The van der Waals surface area contributed by atoms with Gasteiger partial charge in [-0.1, -0.05) is 0 Å². The largest absolute Gasteiger partial charge is 0.305 e. The van der Waals surface area contributed by atoms with Crippen LogP contribution in [0.1, 0.15) is 0 Å². The Kier molecular flexibility index (Phi) is 2.01. The van der Waals surface area contributed by atoms with Crippen LogP contribution < -0.4 is 5.56 Å². The van der Waals surface area contributed by atoms with Crippen molar-refractivity contribution in [2.75, 3.05) is 0 Å². The maximum Gasteiger partial charge on any atom is 0.259 e. The average Bonchev–Trinajstić information content (AvgIpc) is 2.83. The molecule has 0 aliphatic carbocycles. The van der Waals surface area contributed by atoms with Crippen molar-refractivity contribution in [2.45, 2.75) is 0 Å². The number of benzene rings is 1. The topological polar surface area (TPSA) is 74.4 Å². The van der Waals surface area contributed by atoms with Crippen LogP contribution in [0, 0.1) is 5.82 Å². The number of nitrogens with one attached hydrogen (secondary N) is 2. The van der Waals surface area contributed by atoms with Crippen molar-refractivity contribution in [3.8, 4) is 11.5 Å². The SMILES string of the molecule is O=c1[nH]c(-c2ccn[nH]2)nc2ccc(F)cc12. The van der Waals surface area contributed by atoms with Crippen LogP contribution in [0.25, 0.3) is 22.4 Å². The van der Waals surface area contributed by atoms with Crippen molar-refractivity contribution in [1.29, 1.82) is 0 Å². The first-order valence-corrected chi connectivity index (χ1v) is 4.93. The van der Waals surface area contributed by atoms with Crippen molar-refractivity contribution in [1.82, 2.24) is 20.2 Å². The van der Waals surface area contributed by atoms with Gasteiger partial charge in [0.05, 0.1) is 10.9 Å². The smallest absolute Gasteiger partial charge is 0.259 e. The van der Waals surface area contributed by atoms with Crippen LogP contribution in [0.5, 0.6) is 0 Å². The zero-order valence-electron chi connectivity index (χ0n) is 8.57. The van der Waals surface area contributed by atoms with E-state index in [0.717, 1.165) is 6.07 Å². The van der Waals surface area contributed by atoms with Gasteiger partial charge in [-0.15, -0.1) is 0 Å². The van der Waals surface area contributed by atoms with Gasteiger partial charge in [0.15, 0.2) is 5.82 Å². The molecule has 2 aromatic heterocycles. The van der Waals surface area contributed by atoms with E-state index in [1.807, 2.05) is 0 Å². The summed E-state index contributed by atoms with van der Waals surface area (Å²) in [6.45, 7) is 0. The van der Waals surface area contributed by atoms with Gasteiger partial charge in [-0.05, 0) is 24.3 Å². The van der Waals surface area contributed by atoms with Gasteiger partial charge in [-0.25, -0.2) is 9.37 Å². The van der Waals surface area contributed by atoms with Crippen molar-refractivity contribution < 1.29 is 4.39 Å². The molecule has 0 saturated heterocycles. The molecular formula is C11H7FN4O. The third-order valence-corrected chi connectivity index (χ3v) is 2.42. The van der Waals surface area contributed by atoms with Gasteiger partial charge >= 0.3 is 0 Å². The molecule has 5 nitrogen and oxygen atoms in total. The molecule has 0 saturated carbocycles. The predicted octanol–water partition coefficient (Wildman–Crippen LogP) is 1.45. The highest BCUT2D eigenvalue weighted by Crippen LogP contribution is 2.14. The molecule has 0 aliphatic heterocycles. The fraction of sp³-hybridized carbons (Fsp3) is 0. The zero-order chi connectivity index (χ0) is 11.8. The van der Waals surface area contributed by atoms with Crippen LogP contribution in [0.2, 0.25) is 0 Å². The molecule has 0 atom stereocenters. The lowest BCUT2D eigenvalue weighted by molar-refractivity contribution is 0.629. The maximum atomic E-state index is 13.0. The average molecular weight is 230 g/mol. The number of aromatic nitrogens is 4. The van der Waals surface area contributed by atoms with Gasteiger partial charge in [0.2, 0.25) is 0 Å². The highest BCUT2D eigenvalue weighted by atomic mass is 19.1. The fourth-order valence-corrected chi connectivity index (χ4v) is 1.63. The Hall–Kier alpha value is -2.50. The summed E-state index contributed by atoms with van der Waals surface area (Å²) in [4.78, 5) is 18.6. The molecule has 0 aliphatic rings. The summed E-state index contributed by atoms with van der Waals surface area (Å²) in [5, 5.41) is 6.71. The quantitative estimate of drug-likeness (QED) is 0.664. The van der Waals surface area contributed by atoms with Crippen LogP contribution in [-0.4, -0.2) is 20.2 Å². The summed E-state index contributed by atoms with van der Waals surface area (Å²) in [5.74, 6) is -0.0781. The van der Waals surface area contributed by atoms with E-state index in [9.17, 15) is 9.18 Å². The van der Waals surface area contributed by atoms with E-state index < -0.39 is 5.82 Å². The van der Waals surface area contributed by atoms with Gasteiger partial charge in [0.1, 0.15) is 11.5 Å². The van der Waals surface area contributed by atoms with E-state index in [4.69, 9.17) is 0 Å². The Labute approximate surface area is 94.3 Å². The van der Waals surface area contributed by atoms with Crippen molar-refractivity contribution in [3.05, 3.63) is 46.6 Å². The second-order valence-electron chi connectivity index (χ2n) is 3.55. The molecule has 0 spiro atoms. The van der Waals surface area contributed by atoms with Gasteiger partial charge in [0, 0.05) is 6.20 Å². The number of halogens is 1. The molecule has 3 rings (SSSR count). The first-order valence-electron chi connectivity index (χ1n) is 4.93. The molecular weight excluding hydrogens is 223 g/mol. The second kappa shape index (κ2) is 3.51. The summed E-state index contributed by atoms with van der Waals surface area (Å²) in [5.41, 5.74) is 0.673. The van der Waals surface area contributed by atoms with E-state index in [1.54, 1.807) is 12.3 Å². The molecule has 0 amide bonds. The molecule has 0 unspecified atom stereocenters. The van der Waals surface area contributed by atoms with Gasteiger partial charge in [-0.3, -0.25) is 9.89 Å². The molecule has 2 N–H and O–H groups in total. The highest BCUT2D eigenvalue weighted by Gasteiger charge is 2.07. The lowest BCUT2D eigenvalue weighted by atomic mass is 10.2. The zero-order valence-corrected chi connectivity index (χ0v) is 8.57. The monoisotopic (exact) mass is 230 g/mol. The lowest BCUT2D eigenvalue weighted by Gasteiger charge is -2.00. The Morgan fingerprint density at radius 1 is 1.24 bits per heavy atom. The predicted molar refractivity (Wildman–Crippen MR) is 59.9 cm³/mol. The molecule has 0 fully saturated rings. The fourth-order valence-electron chi connectivity index (χ4n) is 1.63. The van der Waals surface area contributed by atoms with Crippen LogP contribution in [0.3, 0.4) is 0 Å². The van der Waals surface area contributed by atoms with Crippen molar-refractivity contribution in [2.24, 2.45) is 0 Å². The third-order valence-electron chi connectivity index (χ3n) is 2.42. The lowest BCUT2D eigenvalue weighted by Crippen LogP contribution is -2.09. The van der Waals surface area contributed by atoms with Gasteiger partial charge in [0.25, 0.3) is 5.56 Å². The first-order chi connectivity index (χ1) is 8.24. The normalized spacial score (nSPS) is 10.9. The third kappa shape index (κ3) is 1.59. The van der Waals surface area contributed by atoms with E-state index in [2.05, 4.69) is 20.2 Å². The maximum absolute atomic E-state index is 13.0. The molecule has 17 heavy (non-hydrogen) atoms. The van der Waals surface area contributed by atoms with Crippen LogP contribution >= 0.6 is 0 Å². The minimum atomic E-state index is -0.459. The molecule has 0 radical (unpaired) electrons. The Bertz CT molecular complexity index is 733. The molecule has 1 aromatic carbocycles. The summed E-state index contributed by atoms with van der Waals surface area (Å²) in [6.07, 6.45) is 1.56. The summed E-state index contributed by atoms with van der Waals surface area (Å²) >= 11 is 0. The molecule has 2 heterocycles. The van der Waals surface area contributed by atoms with Crippen LogP contribution in [-0.2, 0) is 0 Å². The minimum absolute atomic E-state index is 0.230. The van der Waals surface area contributed by atoms with Gasteiger partial charge in [-0.2, -0.15) is 5.10 Å². The number of hydrogen-bond donors (Lipinski definition) is 2. The number of hydrogen-bond acceptors (Lipinski definition) is 3. The highest BCUT2D eigenvalue weighted by molar-refractivity contribution is 5.79. The number of H-pyrrole nitrogens is 2. The van der Waals surface area contributed by atoms with E-state index >= 15 is 0 Å². The standard InChI is InChI=1S/C11H7FN4O/c12-6-1-2-8-7(5-6)11(17)15-10(14-8)9-3-4-13-16-9/h1-5H,(H,13,16)(H,14,15,17). The van der Waals surface area contributed by atoms with Crippen LogP contribution in [0.15, 0.2) is 35.3 Å². The van der Waals surface area contributed by atoms with E-state index in [1.165, 1.54) is 12.1 Å². The van der Waals surface area contributed by atoms with Crippen molar-refractivity contribution in [3.63, 3.8) is 0 Å². The molecule has 3 aromatic rings. The number of aromatic amines is 2. The Morgan fingerprint density at radius 3 is 2.88 bits per heavy atom.